The minimum absolute atomic E-state index is 0.137. The van der Waals surface area contributed by atoms with Crippen molar-refractivity contribution in [2.24, 2.45) is 23.7 Å². The van der Waals surface area contributed by atoms with E-state index in [0.717, 1.165) is 12.0 Å². The predicted molar refractivity (Wildman–Crippen MR) is 122 cm³/mol. The van der Waals surface area contributed by atoms with Gasteiger partial charge in [-0.05, 0) is 67.1 Å². The highest BCUT2D eigenvalue weighted by molar-refractivity contribution is 6.31. The van der Waals surface area contributed by atoms with Crippen molar-refractivity contribution < 1.29 is 23.9 Å². The molecular weight excluding hydrogens is 444 g/mol. The number of amides is 3. The topological polar surface area (TPSA) is 92.8 Å². The molecule has 1 saturated carbocycles. The summed E-state index contributed by atoms with van der Waals surface area (Å²) in [5.41, 5.74) is 2.02. The van der Waals surface area contributed by atoms with E-state index in [0.29, 0.717) is 16.4 Å². The van der Waals surface area contributed by atoms with Gasteiger partial charge in [0.2, 0.25) is 11.8 Å². The Hall–Kier alpha value is -3.45. The Labute approximate surface area is 195 Å². The molecular formula is C25H21ClN2O5. The number of esters is 1. The lowest BCUT2D eigenvalue weighted by Crippen LogP contribution is -2.32. The van der Waals surface area contributed by atoms with Crippen LogP contribution in [0.2, 0.25) is 5.02 Å². The van der Waals surface area contributed by atoms with Crippen LogP contribution in [0, 0.1) is 30.6 Å². The van der Waals surface area contributed by atoms with Gasteiger partial charge in [0.1, 0.15) is 0 Å². The average Bonchev–Trinajstić information content (AvgIpc) is 3.48. The number of aryl methyl sites for hydroxylation is 1. The molecule has 3 aliphatic rings. The third-order valence-electron chi connectivity index (χ3n) is 6.64. The van der Waals surface area contributed by atoms with Crippen molar-refractivity contribution in [1.29, 1.82) is 0 Å². The zero-order chi connectivity index (χ0) is 23.3. The molecule has 0 spiro atoms. The second kappa shape index (κ2) is 8.15. The first kappa shape index (κ1) is 21.4. The van der Waals surface area contributed by atoms with Crippen molar-refractivity contribution in [1.82, 2.24) is 0 Å². The van der Waals surface area contributed by atoms with E-state index in [2.05, 4.69) is 5.32 Å². The van der Waals surface area contributed by atoms with E-state index in [-0.39, 0.29) is 41.0 Å². The summed E-state index contributed by atoms with van der Waals surface area (Å²) in [4.78, 5) is 51.6. The lowest BCUT2D eigenvalue weighted by molar-refractivity contribution is -0.123. The summed E-state index contributed by atoms with van der Waals surface area (Å²) in [5, 5.41) is 3.14. The lowest BCUT2D eigenvalue weighted by Gasteiger charge is -2.17. The first-order valence-electron chi connectivity index (χ1n) is 10.7. The first-order valence-corrected chi connectivity index (χ1v) is 11.1. The number of carbonyl (C=O) groups is 4. The quantitative estimate of drug-likeness (QED) is 0.413. The van der Waals surface area contributed by atoms with Gasteiger partial charge >= 0.3 is 5.97 Å². The molecule has 1 saturated heterocycles. The van der Waals surface area contributed by atoms with Crippen molar-refractivity contribution in [3.05, 3.63) is 70.8 Å². The van der Waals surface area contributed by atoms with Crippen LogP contribution in [0.25, 0.3) is 0 Å². The van der Waals surface area contributed by atoms with Gasteiger partial charge in [-0.3, -0.25) is 19.3 Å². The number of hydrogen-bond acceptors (Lipinski definition) is 5. The van der Waals surface area contributed by atoms with E-state index in [1.807, 2.05) is 19.1 Å². The van der Waals surface area contributed by atoms with Gasteiger partial charge in [0.25, 0.3) is 5.91 Å². The maximum Gasteiger partial charge on any atom is 0.338 e. The minimum atomic E-state index is -0.683. The average molecular weight is 465 g/mol. The maximum atomic E-state index is 12.9. The normalized spacial score (nSPS) is 24.8. The number of nitrogens with one attached hydrogen (secondary N) is 1. The molecule has 0 unspecified atom stereocenters. The number of rotatable bonds is 5. The molecule has 2 aromatic carbocycles. The molecule has 1 aliphatic heterocycles. The third-order valence-corrected chi connectivity index (χ3v) is 6.87. The van der Waals surface area contributed by atoms with Gasteiger partial charge in [-0.25, -0.2) is 4.79 Å². The molecule has 2 aliphatic carbocycles. The number of benzene rings is 2. The van der Waals surface area contributed by atoms with E-state index >= 15 is 0 Å². The largest absolute Gasteiger partial charge is 0.452 e. The zero-order valence-corrected chi connectivity index (χ0v) is 18.5. The summed E-state index contributed by atoms with van der Waals surface area (Å²) >= 11 is 5.95. The van der Waals surface area contributed by atoms with Gasteiger partial charge < -0.3 is 10.1 Å². The number of nitrogens with zero attached hydrogens (tertiary/aromatic N) is 1. The van der Waals surface area contributed by atoms with Gasteiger partial charge in [0, 0.05) is 10.7 Å². The third kappa shape index (κ3) is 3.72. The van der Waals surface area contributed by atoms with Gasteiger partial charge in [0.05, 0.1) is 23.1 Å². The van der Waals surface area contributed by atoms with Gasteiger partial charge in [-0.15, -0.1) is 0 Å². The zero-order valence-electron chi connectivity index (χ0n) is 17.8. The summed E-state index contributed by atoms with van der Waals surface area (Å²) in [6, 6.07) is 11.2. The Balaban J connectivity index is 1.21. The molecule has 33 heavy (non-hydrogen) atoms. The highest BCUT2D eigenvalue weighted by Crippen LogP contribution is 2.53. The molecule has 0 aromatic heterocycles. The summed E-state index contributed by atoms with van der Waals surface area (Å²) in [5.74, 6) is -1.81. The summed E-state index contributed by atoms with van der Waals surface area (Å²) in [6.45, 7) is 1.36. The van der Waals surface area contributed by atoms with E-state index in [9.17, 15) is 19.2 Å². The van der Waals surface area contributed by atoms with Crippen LogP contribution >= 0.6 is 11.6 Å². The van der Waals surface area contributed by atoms with Crippen molar-refractivity contribution in [3.63, 3.8) is 0 Å². The van der Waals surface area contributed by atoms with E-state index in [4.69, 9.17) is 16.3 Å². The Kier molecular flexibility index (Phi) is 5.29. The molecule has 7 nitrogen and oxygen atoms in total. The molecule has 2 bridgehead atoms. The molecule has 3 amide bonds. The van der Waals surface area contributed by atoms with E-state index < -0.39 is 18.5 Å². The van der Waals surface area contributed by atoms with E-state index in [1.54, 1.807) is 30.3 Å². The van der Waals surface area contributed by atoms with Gasteiger partial charge in [0.15, 0.2) is 6.61 Å². The number of allylic oxidation sites excluding steroid dienone is 2. The monoisotopic (exact) mass is 464 g/mol. The first-order chi connectivity index (χ1) is 15.8. The van der Waals surface area contributed by atoms with Crippen molar-refractivity contribution in [2.45, 2.75) is 13.3 Å². The Morgan fingerprint density at radius 3 is 2.30 bits per heavy atom. The van der Waals surface area contributed by atoms with E-state index in [1.165, 1.54) is 17.0 Å². The van der Waals surface area contributed by atoms with Crippen LogP contribution in [0.3, 0.4) is 0 Å². The number of imide groups is 1. The van der Waals surface area contributed by atoms with Crippen LogP contribution in [0.5, 0.6) is 0 Å². The number of fused-ring (bicyclic) bond motifs is 5. The second-order valence-electron chi connectivity index (χ2n) is 8.64. The molecule has 1 N–H and O–H groups in total. The number of carbonyl (C=O) groups excluding carboxylic acids is 4. The summed E-state index contributed by atoms with van der Waals surface area (Å²) < 4.78 is 5.10. The molecule has 8 heteroatoms. The van der Waals surface area contributed by atoms with Crippen LogP contribution in [-0.2, 0) is 19.1 Å². The second-order valence-corrected chi connectivity index (χ2v) is 9.08. The van der Waals surface area contributed by atoms with Crippen LogP contribution < -0.4 is 10.2 Å². The molecule has 2 fully saturated rings. The Bertz CT molecular complexity index is 1180. The van der Waals surface area contributed by atoms with Crippen LogP contribution in [-0.4, -0.2) is 30.3 Å². The Morgan fingerprint density at radius 1 is 1.03 bits per heavy atom. The fraction of sp³-hybridized carbons (Fsp3) is 0.280. The highest BCUT2D eigenvalue weighted by atomic mass is 35.5. The smallest absolute Gasteiger partial charge is 0.338 e. The van der Waals surface area contributed by atoms with Crippen LogP contribution in [0.4, 0.5) is 11.4 Å². The van der Waals surface area contributed by atoms with Crippen LogP contribution in [0.1, 0.15) is 22.3 Å². The molecule has 168 valence electrons. The molecule has 5 rings (SSSR count). The maximum absolute atomic E-state index is 12.9. The molecule has 2 aromatic rings. The highest BCUT2D eigenvalue weighted by Gasteiger charge is 2.59. The molecule has 4 atom stereocenters. The van der Waals surface area contributed by atoms with Crippen molar-refractivity contribution in [3.8, 4) is 0 Å². The van der Waals surface area contributed by atoms with Gasteiger partial charge in [-0.1, -0.05) is 29.8 Å². The summed E-state index contributed by atoms with van der Waals surface area (Å²) in [7, 11) is 0. The predicted octanol–water partition coefficient (Wildman–Crippen LogP) is 3.76. The lowest BCUT2D eigenvalue weighted by atomic mass is 9.85. The Morgan fingerprint density at radius 2 is 1.67 bits per heavy atom. The van der Waals surface area contributed by atoms with Crippen LogP contribution in [0.15, 0.2) is 54.6 Å². The molecule has 0 radical (unpaired) electrons. The number of ether oxygens (including phenoxy) is 1. The van der Waals surface area contributed by atoms with Crippen molar-refractivity contribution in [2.75, 3.05) is 16.8 Å². The SMILES string of the molecule is Cc1ccc(Cl)cc1NC(=O)COC(=O)c1ccc(N2C(=O)[C@H]3[C@H](C2=O)[C@H]2C=C[C@H]3C2)cc1. The molecule has 1 heterocycles. The fourth-order valence-electron chi connectivity index (χ4n) is 5.03. The number of hydrogen-bond donors (Lipinski definition) is 1. The summed E-state index contributed by atoms with van der Waals surface area (Å²) in [6.07, 6.45) is 4.96. The van der Waals surface area contributed by atoms with Crippen molar-refractivity contribution >= 4 is 46.7 Å². The minimum Gasteiger partial charge on any atom is -0.452 e. The standard InChI is InChI=1S/C25H21ClN2O5/c1-13-2-7-17(26)11-19(13)27-20(29)12-33-25(32)14-5-8-18(9-6-14)28-23(30)21-15-3-4-16(10-15)22(21)24(28)31/h2-9,11,15-16,21-22H,10,12H2,1H3,(H,27,29)/t15-,16-,21+,22+/m0/s1. The number of anilines is 2. The van der Waals surface area contributed by atoms with Gasteiger partial charge in [-0.2, -0.15) is 0 Å². The fourth-order valence-corrected chi connectivity index (χ4v) is 5.21. The number of halogens is 1.